The van der Waals surface area contributed by atoms with Gasteiger partial charge in [0, 0.05) is 60.8 Å². The minimum atomic E-state index is 0.593. The minimum absolute atomic E-state index is 0.593. The number of furan rings is 1. The lowest BCUT2D eigenvalue weighted by Gasteiger charge is -2.11. The van der Waals surface area contributed by atoms with Crippen LogP contribution in [0.15, 0.2) is 199 Å². The molecule has 0 N–H and O–H groups in total. The SMILES string of the molecule is c1ccc(-c2nc(-c3ccc4ccccc4c3)nc(-c3cc4ccccc4c4oc5cc(-n6c7cc8ccccc8cc7c7ccc8ccccc8c76)ccc5c34)n2)cc1. The second-order valence-electron chi connectivity index (χ2n) is 15.6. The fourth-order valence-electron chi connectivity index (χ4n) is 9.32. The number of hydrogen-bond donors (Lipinski definition) is 0. The molecular weight excluding hydrogens is 733 g/mol. The molecule has 0 saturated heterocycles. The maximum atomic E-state index is 7.04. The summed E-state index contributed by atoms with van der Waals surface area (Å²) in [7, 11) is 0. The lowest BCUT2D eigenvalue weighted by Crippen LogP contribution is -2.00. The number of rotatable bonds is 4. The van der Waals surface area contributed by atoms with E-state index in [1.165, 1.54) is 43.2 Å². The Morgan fingerprint density at radius 1 is 0.367 bits per heavy atom. The van der Waals surface area contributed by atoms with Crippen LogP contribution in [0.1, 0.15) is 0 Å². The van der Waals surface area contributed by atoms with Crippen LogP contribution in [0.4, 0.5) is 0 Å². The summed E-state index contributed by atoms with van der Waals surface area (Å²) in [5.74, 6) is 1.83. The Kier molecular flexibility index (Phi) is 6.95. The third-order valence-corrected chi connectivity index (χ3v) is 12.1. The summed E-state index contributed by atoms with van der Waals surface area (Å²) in [6.07, 6.45) is 0. The minimum Gasteiger partial charge on any atom is -0.455 e. The van der Waals surface area contributed by atoms with Crippen molar-refractivity contribution in [3.05, 3.63) is 194 Å². The largest absolute Gasteiger partial charge is 0.455 e. The first kappa shape index (κ1) is 32.9. The van der Waals surface area contributed by atoms with E-state index < -0.39 is 0 Å². The Morgan fingerprint density at radius 2 is 0.983 bits per heavy atom. The van der Waals surface area contributed by atoms with Crippen molar-refractivity contribution in [2.75, 3.05) is 0 Å². The molecule has 0 bridgehead atoms. The normalized spacial score (nSPS) is 12.0. The molecule has 0 aliphatic rings. The number of nitrogens with zero attached hydrogens (tertiary/aromatic N) is 4. The van der Waals surface area contributed by atoms with Gasteiger partial charge in [-0.05, 0) is 68.7 Å². The molecule has 0 unspecified atom stereocenters. The van der Waals surface area contributed by atoms with Crippen LogP contribution < -0.4 is 0 Å². The standard InChI is InChI=1S/C55H32N4O/c1-2-14-35(15-3-1)53-56-54(40-23-22-33-12-4-5-16-36(33)28-40)58-55(57-53)47-30-39-19-9-11-21-43(39)52-50(47)45-27-25-41(32-49(45)60-52)59-48-31-38-18-7-6-17-37(38)29-46(48)44-26-24-34-13-8-10-20-42(34)51(44)59/h1-32H. The highest BCUT2D eigenvalue weighted by Gasteiger charge is 2.22. The van der Waals surface area contributed by atoms with E-state index in [0.29, 0.717) is 17.5 Å². The first-order valence-electron chi connectivity index (χ1n) is 20.3. The molecule has 0 radical (unpaired) electrons. The molecule has 0 fully saturated rings. The van der Waals surface area contributed by atoms with E-state index in [2.05, 4.69) is 180 Å². The predicted molar refractivity (Wildman–Crippen MR) is 248 cm³/mol. The molecule has 0 amide bonds. The summed E-state index contributed by atoms with van der Waals surface area (Å²) in [5.41, 5.74) is 7.72. The van der Waals surface area contributed by atoms with Crippen molar-refractivity contribution in [2.45, 2.75) is 0 Å². The van der Waals surface area contributed by atoms with Crippen molar-refractivity contribution in [2.24, 2.45) is 0 Å². The lowest BCUT2D eigenvalue weighted by molar-refractivity contribution is 0.672. The van der Waals surface area contributed by atoms with Crippen molar-refractivity contribution in [3.63, 3.8) is 0 Å². The van der Waals surface area contributed by atoms with Gasteiger partial charge >= 0.3 is 0 Å². The van der Waals surface area contributed by atoms with Crippen molar-refractivity contribution in [1.82, 2.24) is 19.5 Å². The number of aromatic nitrogens is 4. The van der Waals surface area contributed by atoms with Crippen molar-refractivity contribution in [3.8, 4) is 39.9 Å². The van der Waals surface area contributed by atoms with E-state index in [9.17, 15) is 0 Å². The highest BCUT2D eigenvalue weighted by atomic mass is 16.3. The Hall–Kier alpha value is -8.15. The summed E-state index contributed by atoms with van der Waals surface area (Å²) in [4.78, 5) is 15.6. The van der Waals surface area contributed by atoms with Gasteiger partial charge < -0.3 is 8.98 Å². The molecule has 0 atom stereocenters. The number of fused-ring (bicyclic) bond motifs is 12. The molecule has 0 aliphatic heterocycles. The predicted octanol–water partition coefficient (Wildman–Crippen LogP) is 14.5. The summed E-state index contributed by atoms with van der Waals surface area (Å²) >= 11 is 0. The van der Waals surface area contributed by atoms with Crippen LogP contribution in [0.3, 0.4) is 0 Å². The fraction of sp³-hybridized carbons (Fsp3) is 0. The lowest BCUT2D eigenvalue weighted by atomic mass is 9.99. The van der Waals surface area contributed by atoms with Gasteiger partial charge in [0.05, 0.1) is 11.0 Å². The topological polar surface area (TPSA) is 56.7 Å². The summed E-state index contributed by atoms with van der Waals surface area (Å²) in [6, 6.07) is 68.6. The maximum Gasteiger partial charge on any atom is 0.164 e. The average molecular weight is 765 g/mol. The summed E-state index contributed by atoms with van der Waals surface area (Å²) < 4.78 is 9.46. The van der Waals surface area contributed by atoms with Gasteiger partial charge in [0.15, 0.2) is 17.5 Å². The molecule has 5 heteroatoms. The van der Waals surface area contributed by atoms with E-state index in [1.54, 1.807) is 0 Å². The molecule has 3 aromatic heterocycles. The summed E-state index contributed by atoms with van der Waals surface area (Å²) in [5, 5.41) is 13.6. The average Bonchev–Trinajstić information content (AvgIpc) is 3.86. The smallest absolute Gasteiger partial charge is 0.164 e. The monoisotopic (exact) mass is 764 g/mol. The van der Waals surface area contributed by atoms with Crippen LogP contribution in [0.2, 0.25) is 0 Å². The quantitative estimate of drug-likeness (QED) is 0.179. The zero-order valence-corrected chi connectivity index (χ0v) is 32.2. The molecule has 10 aromatic carbocycles. The molecule has 13 rings (SSSR count). The highest BCUT2D eigenvalue weighted by molar-refractivity contribution is 6.23. The zero-order chi connectivity index (χ0) is 39.3. The van der Waals surface area contributed by atoms with Crippen LogP contribution >= 0.6 is 0 Å². The number of benzene rings is 10. The first-order chi connectivity index (χ1) is 29.7. The van der Waals surface area contributed by atoms with Gasteiger partial charge in [-0.2, -0.15) is 0 Å². The van der Waals surface area contributed by atoms with Crippen molar-refractivity contribution < 1.29 is 4.42 Å². The molecule has 0 spiro atoms. The van der Waals surface area contributed by atoms with Gasteiger partial charge in [-0.3, -0.25) is 0 Å². The maximum absolute atomic E-state index is 7.04. The van der Waals surface area contributed by atoms with Crippen LogP contribution in [-0.4, -0.2) is 19.5 Å². The zero-order valence-electron chi connectivity index (χ0n) is 32.2. The Morgan fingerprint density at radius 3 is 1.80 bits per heavy atom. The second-order valence-corrected chi connectivity index (χ2v) is 15.6. The Bertz CT molecular complexity index is 3900. The first-order valence-corrected chi connectivity index (χ1v) is 20.3. The molecule has 5 nitrogen and oxygen atoms in total. The van der Waals surface area contributed by atoms with E-state index in [1.807, 2.05) is 18.2 Å². The molecule has 60 heavy (non-hydrogen) atoms. The van der Waals surface area contributed by atoms with Gasteiger partial charge in [-0.1, -0.05) is 152 Å². The van der Waals surface area contributed by atoms with Crippen molar-refractivity contribution >= 4 is 86.8 Å². The summed E-state index contributed by atoms with van der Waals surface area (Å²) in [6.45, 7) is 0. The van der Waals surface area contributed by atoms with Gasteiger partial charge in [-0.25, -0.2) is 15.0 Å². The van der Waals surface area contributed by atoms with E-state index in [4.69, 9.17) is 19.4 Å². The van der Waals surface area contributed by atoms with Crippen molar-refractivity contribution in [1.29, 1.82) is 0 Å². The highest BCUT2D eigenvalue weighted by Crippen LogP contribution is 2.44. The third-order valence-electron chi connectivity index (χ3n) is 12.1. The van der Waals surface area contributed by atoms with Gasteiger partial charge in [0.2, 0.25) is 0 Å². The number of hydrogen-bond acceptors (Lipinski definition) is 4. The molecular formula is C55H32N4O. The van der Waals surface area contributed by atoms with Crippen LogP contribution in [0, 0.1) is 0 Å². The van der Waals surface area contributed by atoms with E-state index in [-0.39, 0.29) is 0 Å². The molecule has 0 aliphatic carbocycles. The molecule has 278 valence electrons. The fourth-order valence-corrected chi connectivity index (χ4v) is 9.32. The van der Waals surface area contributed by atoms with Gasteiger partial charge in [0.25, 0.3) is 0 Å². The molecule has 13 aromatic rings. The van der Waals surface area contributed by atoms with Gasteiger partial charge in [-0.15, -0.1) is 0 Å². The van der Waals surface area contributed by atoms with Crippen LogP contribution in [0.5, 0.6) is 0 Å². The van der Waals surface area contributed by atoms with E-state index in [0.717, 1.165) is 66.0 Å². The molecule has 3 heterocycles. The second kappa shape index (κ2) is 12.7. The van der Waals surface area contributed by atoms with Crippen LogP contribution in [0.25, 0.3) is 127 Å². The van der Waals surface area contributed by atoms with Crippen LogP contribution in [-0.2, 0) is 0 Å². The van der Waals surface area contributed by atoms with Gasteiger partial charge in [0.1, 0.15) is 11.2 Å². The Balaban J connectivity index is 1.09. The van der Waals surface area contributed by atoms with E-state index >= 15 is 0 Å². The molecule has 0 saturated carbocycles. The Labute approximate surface area is 343 Å². The third kappa shape index (κ3) is 4.96.